The maximum atomic E-state index is 13.0. The Balaban J connectivity index is 1.05. The number of methoxy groups -OCH3 is 1. The summed E-state index contributed by atoms with van der Waals surface area (Å²) in [5, 5.41) is 12.8. The van der Waals surface area contributed by atoms with E-state index in [0.717, 1.165) is 23.6 Å². The molecule has 194 valence electrons. The van der Waals surface area contributed by atoms with Crippen LogP contribution in [0.2, 0.25) is 0 Å². The molecule has 1 aliphatic rings. The van der Waals surface area contributed by atoms with Crippen molar-refractivity contribution in [1.29, 1.82) is 0 Å². The van der Waals surface area contributed by atoms with E-state index < -0.39 is 0 Å². The number of aryl methyl sites for hydroxylation is 1. The van der Waals surface area contributed by atoms with Crippen molar-refractivity contribution < 1.29 is 23.5 Å². The second-order valence-electron chi connectivity index (χ2n) is 8.81. The van der Waals surface area contributed by atoms with E-state index >= 15 is 0 Å². The molecule has 1 aliphatic heterocycles. The highest BCUT2D eigenvalue weighted by Gasteiger charge is 2.32. The number of benzene rings is 3. The van der Waals surface area contributed by atoms with Crippen molar-refractivity contribution >= 4 is 45.9 Å². The lowest BCUT2D eigenvalue weighted by Crippen LogP contribution is -2.40. The Morgan fingerprint density at radius 3 is 2.34 bits per heavy atom. The predicted molar refractivity (Wildman–Crippen MR) is 144 cm³/mol. The average Bonchev–Trinajstić information content (AvgIpc) is 3.40. The Morgan fingerprint density at radius 1 is 0.947 bits per heavy atom. The normalized spacial score (nSPS) is 12.7. The summed E-state index contributed by atoms with van der Waals surface area (Å²) in [5.74, 6) is 0.688. The Kier molecular flexibility index (Phi) is 7.69. The quantitative estimate of drug-likeness (QED) is 0.164. The smallest absolute Gasteiger partial charge is 0.277 e. The number of ether oxygens (including phenoxy) is 1. The molecule has 9 nitrogen and oxygen atoms in total. The first-order valence-electron chi connectivity index (χ1n) is 12.3. The van der Waals surface area contributed by atoms with E-state index in [2.05, 4.69) is 15.5 Å². The molecule has 0 aliphatic carbocycles. The van der Waals surface area contributed by atoms with E-state index in [9.17, 15) is 14.4 Å². The third-order valence-electron chi connectivity index (χ3n) is 6.28. The lowest BCUT2D eigenvalue weighted by atomic mass is 9.94. The number of hydrogen-bond donors (Lipinski definition) is 1. The van der Waals surface area contributed by atoms with Crippen LogP contribution < -0.4 is 10.1 Å². The van der Waals surface area contributed by atoms with Gasteiger partial charge in [-0.2, -0.15) is 0 Å². The van der Waals surface area contributed by atoms with E-state index in [1.54, 1.807) is 43.5 Å². The molecule has 4 aromatic rings. The van der Waals surface area contributed by atoms with Crippen molar-refractivity contribution in [1.82, 2.24) is 15.1 Å². The van der Waals surface area contributed by atoms with E-state index in [-0.39, 0.29) is 23.5 Å². The predicted octanol–water partition coefficient (Wildman–Crippen LogP) is 4.97. The summed E-state index contributed by atoms with van der Waals surface area (Å²) in [6, 6.07) is 18.2. The van der Waals surface area contributed by atoms with E-state index in [4.69, 9.17) is 9.15 Å². The zero-order valence-electron chi connectivity index (χ0n) is 20.8. The SMILES string of the molecule is COc1ccc(NC(=O)CSc2nnc(CCCCCN3C(=O)c4cccc5cccc(c45)C3=O)o2)cc1. The van der Waals surface area contributed by atoms with Gasteiger partial charge in [-0.25, -0.2) is 0 Å². The van der Waals surface area contributed by atoms with Crippen molar-refractivity contribution in [2.75, 3.05) is 24.7 Å². The molecule has 3 amide bonds. The van der Waals surface area contributed by atoms with Crippen LogP contribution >= 0.6 is 11.8 Å². The van der Waals surface area contributed by atoms with Gasteiger partial charge in [0.25, 0.3) is 17.0 Å². The number of nitrogens with zero attached hydrogens (tertiary/aromatic N) is 3. The summed E-state index contributed by atoms with van der Waals surface area (Å²) in [7, 11) is 1.59. The minimum Gasteiger partial charge on any atom is -0.497 e. The summed E-state index contributed by atoms with van der Waals surface area (Å²) in [6.45, 7) is 0.358. The van der Waals surface area contributed by atoms with Gasteiger partial charge < -0.3 is 14.5 Å². The molecule has 0 fully saturated rings. The second kappa shape index (κ2) is 11.5. The summed E-state index contributed by atoms with van der Waals surface area (Å²) in [6.07, 6.45) is 2.82. The van der Waals surface area contributed by atoms with Crippen LogP contribution in [0.4, 0.5) is 5.69 Å². The molecule has 2 heterocycles. The summed E-state index contributed by atoms with van der Waals surface area (Å²) >= 11 is 1.17. The minimum atomic E-state index is -0.242. The highest BCUT2D eigenvalue weighted by atomic mass is 32.2. The maximum absolute atomic E-state index is 13.0. The van der Waals surface area contributed by atoms with Crippen LogP contribution in [0.1, 0.15) is 45.9 Å². The summed E-state index contributed by atoms with van der Waals surface area (Å²) in [4.78, 5) is 39.5. The monoisotopic (exact) mass is 530 g/mol. The van der Waals surface area contributed by atoms with Gasteiger partial charge in [-0.3, -0.25) is 19.3 Å². The Morgan fingerprint density at radius 2 is 1.66 bits per heavy atom. The first-order chi connectivity index (χ1) is 18.5. The standard InChI is InChI=1S/C28H26N4O5S/c1-36-20-14-12-19(13-15-20)29-23(33)17-38-28-31-30-24(37-28)11-3-2-4-16-32-26(34)21-9-5-7-18-8-6-10-22(25(18)21)27(32)35/h5-10,12-15H,2-4,11,16-17H2,1H3,(H,29,33). The van der Waals surface area contributed by atoms with Gasteiger partial charge in [0.1, 0.15) is 5.75 Å². The van der Waals surface area contributed by atoms with E-state index in [1.807, 2.05) is 24.3 Å². The number of amides is 3. The molecule has 5 rings (SSSR count). The molecule has 0 unspecified atom stereocenters. The number of thioether (sulfide) groups is 1. The Labute approximate surface area is 223 Å². The zero-order valence-corrected chi connectivity index (χ0v) is 21.6. The molecule has 0 saturated heterocycles. The number of unbranched alkanes of at least 4 members (excludes halogenated alkanes) is 2. The fraction of sp³-hybridized carbons (Fsp3) is 0.250. The minimum absolute atomic E-state index is 0.141. The van der Waals surface area contributed by atoms with E-state index in [0.29, 0.717) is 53.1 Å². The topological polar surface area (TPSA) is 115 Å². The highest BCUT2D eigenvalue weighted by molar-refractivity contribution is 7.99. The molecular weight excluding hydrogens is 504 g/mol. The van der Waals surface area contributed by atoms with Crippen molar-refractivity contribution in [3.8, 4) is 5.75 Å². The number of carbonyl (C=O) groups is 3. The molecule has 10 heteroatoms. The van der Waals surface area contributed by atoms with Crippen LogP contribution in [0, 0.1) is 0 Å². The number of anilines is 1. The third-order valence-corrected chi connectivity index (χ3v) is 7.10. The molecule has 38 heavy (non-hydrogen) atoms. The van der Waals surface area contributed by atoms with Gasteiger partial charge in [-0.05, 0) is 54.6 Å². The van der Waals surface area contributed by atoms with Crippen molar-refractivity contribution in [2.45, 2.75) is 30.9 Å². The summed E-state index contributed by atoms with van der Waals surface area (Å²) in [5.41, 5.74) is 1.83. The van der Waals surface area contributed by atoms with Gasteiger partial charge in [0.2, 0.25) is 11.8 Å². The molecule has 0 spiro atoms. The zero-order chi connectivity index (χ0) is 26.5. The maximum Gasteiger partial charge on any atom is 0.277 e. The average molecular weight is 531 g/mol. The van der Waals surface area contributed by atoms with Crippen molar-refractivity contribution in [3.05, 3.63) is 77.7 Å². The van der Waals surface area contributed by atoms with Crippen LogP contribution in [0.5, 0.6) is 5.75 Å². The van der Waals surface area contributed by atoms with Crippen molar-refractivity contribution in [2.24, 2.45) is 0 Å². The first-order valence-corrected chi connectivity index (χ1v) is 13.3. The van der Waals surface area contributed by atoms with Gasteiger partial charge in [-0.1, -0.05) is 42.4 Å². The van der Waals surface area contributed by atoms with Crippen LogP contribution in [-0.4, -0.2) is 52.2 Å². The molecule has 0 bridgehead atoms. The molecule has 1 aromatic heterocycles. The number of carbonyl (C=O) groups excluding carboxylic acids is 3. The van der Waals surface area contributed by atoms with Crippen molar-refractivity contribution in [3.63, 3.8) is 0 Å². The Hall–Kier alpha value is -4.18. The van der Waals surface area contributed by atoms with Crippen LogP contribution in [0.25, 0.3) is 10.8 Å². The molecule has 0 radical (unpaired) electrons. The molecule has 1 N–H and O–H groups in total. The number of imide groups is 1. The summed E-state index contributed by atoms with van der Waals surface area (Å²) < 4.78 is 10.7. The third kappa shape index (κ3) is 5.55. The number of rotatable bonds is 11. The molecule has 3 aromatic carbocycles. The fourth-order valence-electron chi connectivity index (χ4n) is 4.40. The molecular formula is C28H26N4O5S. The van der Waals surface area contributed by atoms with Crippen LogP contribution in [0.15, 0.2) is 70.3 Å². The van der Waals surface area contributed by atoms with Gasteiger partial charge in [-0.15, -0.1) is 10.2 Å². The second-order valence-corrected chi connectivity index (χ2v) is 9.74. The molecule has 0 atom stereocenters. The number of hydrogen-bond acceptors (Lipinski definition) is 8. The number of aromatic nitrogens is 2. The fourth-order valence-corrected chi connectivity index (χ4v) is 4.98. The first kappa shape index (κ1) is 25.5. The Bertz CT molecular complexity index is 1430. The van der Waals surface area contributed by atoms with Gasteiger partial charge >= 0.3 is 0 Å². The van der Waals surface area contributed by atoms with Gasteiger partial charge in [0.15, 0.2) is 0 Å². The van der Waals surface area contributed by atoms with Gasteiger partial charge in [0, 0.05) is 35.2 Å². The largest absolute Gasteiger partial charge is 0.497 e. The lowest BCUT2D eigenvalue weighted by Gasteiger charge is -2.27. The molecule has 0 saturated carbocycles. The van der Waals surface area contributed by atoms with Crippen LogP contribution in [-0.2, 0) is 11.2 Å². The van der Waals surface area contributed by atoms with E-state index in [1.165, 1.54) is 16.7 Å². The van der Waals surface area contributed by atoms with Gasteiger partial charge in [0.05, 0.1) is 12.9 Å². The highest BCUT2D eigenvalue weighted by Crippen LogP contribution is 2.30. The number of nitrogens with one attached hydrogen (secondary N) is 1. The lowest BCUT2D eigenvalue weighted by molar-refractivity contribution is -0.113. The van der Waals surface area contributed by atoms with Crippen LogP contribution in [0.3, 0.4) is 0 Å².